The number of amides is 1. The van der Waals surface area contributed by atoms with Crippen LogP contribution < -0.4 is 15.4 Å². The number of sulfonamides is 1. The molecule has 148 valence electrons. The van der Waals surface area contributed by atoms with Gasteiger partial charge >= 0.3 is 0 Å². The molecular weight excluding hydrogens is 362 g/mol. The van der Waals surface area contributed by atoms with Gasteiger partial charge in [0.1, 0.15) is 0 Å². The molecular formula is C20H29N3O3S. The Balaban J connectivity index is 1.48. The molecule has 6 nitrogen and oxygen atoms in total. The van der Waals surface area contributed by atoms with E-state index >= 15 is 0 Å². The van der Waals surface area contributed by atoms with Crippen LogP contribution in [0.3, 0.4) is 0 Å². The number of fused-ring (bicyclic) bond motifs is 2. The third kappa shape index (κ3) is 4.20. The fraction of sp³-hybridized carbons (Fsp3) is 0.650. The maximum absolute atomic E-state index is 12.8. The molecule has 2 atom stereocenters. The summed E-state index contributed by atoms with van der Waals surface area (Å²) in [5.74, 6) is -0.182. The highest BCUT2D eigenvalue weighted by atomic mass is 32.2. The Morgan fingerprint density at radius 3 is 2.37 bits per heavy atom. The summed E-state index contributed by atoms with van der Waals surface area (Å²) in [6, 6.07) is 6.14. The maximum atomic E-state index is 12.8. The van der Waals surface area contributed by atoms with E-state index in [9.17, 15) is 13.2 Å². The van der Waals surface area contributed by atoms with Crippen LogP contribution in [0.2, 0.25) is 0 Å². The lowest BCUT2D eigenvalue weighted by Crippen LogP contribution is -2.48. The molecule has 2 aliphatic heterocycles. The predicted octanol–water partition coefficient (Wildman–Crippen LogP) is 2.23. The molecule has 0 spiro atoms. The lowest BCUT2D eigenvalue weighted by Gasteiger charge is -2.29. The van der Waals surface area contributed by atoms with Crippen LogP contribution >= 0.6 is 0 Å². The van der Waals surface area contributed by atoms with Crippen molar-refractivity contribution in [2.24, 2.45) is 0 Å². The highest BCUT2D eigenvalue weighted by molar-refractivity contribution is 7.89. The zero-order valence-electron chi connectivity index (χ0n) is 15.8. The van der Waals surface area contributed by atoms with Gasteiger partial charge in [-0.1, -0.05) is 18.9 Å². The number of hydrogen-bond acceptors (Lipinski definition) is 4. The van der Waals surface area contributed by atoms with E-state index in [0.29, 0.717) is 23.2 Å². The van der Waals surface area contributed by atoms with Crippen LogP contribution in [0.5, 0.6) is 0 Å². The van der Waals surface area contributed by atoms with Gasteiger partial charge in [0.15, 0.2) is 0 Å². The lowest BCUT2D eigenvalue weighted by molar-refractivity contribution is 0.0923. The largest absolute Gasteiger partial charge is 0.349 e. The summed E-state index contributed by atoms with van der Waals surface area (Å²) in [6.07, 6.45) is 8.14. The molecule has 1 aromatic rings. The molecule has 2 saturated heterocycles. The van der Waals surface area contributed by atoms with Crippen LogP contribution in [0.25, 0.3) is 0 Å². The van der Waals surface area contributed by atoms with E-state index in [0.717, 1.165) is 38.5 Å². The first-order valence-electron chi connectivity index (χ1n) is 10.1. The van der Waals surface area contributed by atoms with Gasteiger partial charge in [-0.15, -0.1) is 0 Å². The van der Waals surface area contributed by atoms with Gasteiger partial charge in [0, 0.05) is 29.7 Å². The summed E-state index contributed by atoms with van der Waals surface area (Å²) < 4.78 is 28.4. The van der Waals surface area contributed by atoms with Crippen molar-refractivity contribution in [1.82, 2.24) is 15.4 Å². The van der Waals surface area contributed by atoms with Gasteiger partial charge in [0.05, 0.1) is 4.90 Å². The number of hydrogen-bond donors (Lipinski definition) is 3. The maximum Gasteiger partial charge on any atom is 0.251 e. The molecule has 1 aromatic carbocycles. The first-order valence-corrected chi connectivity index (χ1v) is 11.6. The SMILES string of the molecule is Cc1ccc(C(=O)NC2CC3CCC(C2)N3)cc1S(=O)(=O)NC1CCCC1. The lowest BCUT2D eigenvalue weighted by atomic mass is 9.99. The van der Waals surface area contributed by atoms with Crippen molar-refractivity contribution >= 4 is 15.9 Å². The molecule has 27 heavy (non-hydrogen) atoms. The summed E-state index contributed by atoms with van der Waals surface area (Å²) in [6.45, 7) is 1.77. The topological polar surface area (TPSA) is 87.3 Å². The van der Waals surface area contributed by atoms with Crippen molar-refractivity contribution < 1.29 is 13.2 Å². The molecule has 2 heterocycles. The standard InChI is InChI=1S/C20H29N3O3S/c1-13-6-7-14(10-19(13)27(25,26)23-15-4-2-3-5-15)20(24)22-18-11-16-8-9-17(12-18)21-16/h6-7,10,15-18,21,23H,2-5,8-9,11-12H2,1H3,(H,22,24). The highest BCUT2D eigenvalue weighted by Crippen LogP contribution is 2.27. The Labute approximate surface area is 161 Å². The Morgan fingerprint density at radius 1 is 1.04 bits per heavy atom. The predicted molar refractivity (Wildman–Crippen MR) is 104 cm³/mol. The van der Waals surface area contributed by atoms with E-state index in [1.807, 2.05) is 0 Å². The zero-order valence-corrected chi connectivity index (χ0v) is 16.6. The van der Waals surface area contributed by atoms with Crippen LogP contribution in [0, 0.1) is 6.92 Å². The molecule has 1 saturated carbocycles. The fourth-order valence-electron chi connectivity index (χ4n) is 4.80. The summed E-state index contributed by atoms with van der Waals surface area (Å²) >= 11 is 0. The average Bonchev–Trinajstić information content (AvgIpc) is 3.24. The minimum Gasteiger partial charge on any atom is -0.349 e. The molecule has 0 aromatic heterocycles. The molecule has 2 unspecified atom stereocenters. The number of carbonyl (C=O) groups is 1. The van der Waals surface area contributed by atoms with Crippen LogP contribution in [0.4, 0.5) is 0 Å². The van der Waals surface area contributed by atoms with E-state index in [1.165, 1.54) is 18.9 Å². The van der Waals surface area contributed by atoms with Gasteiger partial charge in [0.25, 0.3) is 5.91 Å². The molecule has 1 aliphatic carbocycles. The Bertz CT molecular complexity index is 806. The zero-order chi connectivity index (χ0) is 19.0. The van der Waals surface area contributed by atoms with E-state index in [1.54, 1.807) is 19.1 Å². The molecule has 4 rings (SSSR count). The molecule has 3 aliphatic rings. The molecule has 3 N–H and O–H groups in total. The van der Waals surface area contributed by atoms with Gasteiger partial charge in [-0.2, -0.15) is 0 Å². The van der Waals surface area contributed by atoms with E-state index in [4.69, 9.17) is 0 Å². The number of benzene rings is 1. The smallest absolute Gasteiger partial charge is 0.251 e. The van der Waals surface area contributed by atoms with Gasteiger partial charge in [-0.25, -0.2) is 13.1 Å². The van der Waals surface area contributed by atoms with E-state index < -0.39 is 10.0 Å². The molecule has 0 radical (unpaired) electrons. The Morgan fingerprint density at radius 2 is 1.70 bits per heavy atom. The summed E-state index contributed by atoms with van der Waals surface area (Å²) in [5, 5.41) is 6.68. The van der Waals surface area contributed by atoms with Crippen LogP contribution in [0.15, 0.2) is 23.1 Å². The van der Waals surface area contributed by atoms with Crippen molar-refractivity contribution in [1.29, 1.82) is 0 Å². The third-order valence-electron chi connectivity index (χ3n) is 6.23. The highest BCUT2D eigenvalue weighted by Gasteiger charge is 2.34. The summed E-state index contributed by atoms with van der Waals surface area (Å²) in [7, 11) is -3.61. The number of nitrogens with one attached hydrogen (secondary N) is 3. The minimum atomic E-state index is -3.61. The van der Waals surface area contributed by atoms with Gasteiger partial charge in [-0.05, 0) is 63.1 Å². The molecule has 7 heteroatoms. The third-order valence-corrected chi connectivity index (χ3v) is 7.89. The Kier molecular flexibility index (Phi) is 5.27. The summed E-state index contributed by atoms with van der Waals surface area (Å²) in [4.78, 5) is 13.0. The average molecular weight is 392 g/mol. The van der Waals surface area contributed by atoms with Crippen molar-refractivity contribution in [3.05, 3.63) is 29.3 Å². The van der Waals surface area contributed by atoms with E-state index in [-0.39, 0.29) is 22.9 Å². The van der Waals surface area contributed by atoms with E-state index in [2.05, 4.69) is 15.4 Å². The second kappa shape index (κ2) is 7.53. The molecule has 2 bridgehead atoms. The number of aryl methyl sites for hydroxylation is 1. The monoisotopic (exact) mass is 391 g/mol. The van der Waals surface area contributed by atoms with Crippen LogP contribution in [-0.4, -0.2) is 38.5 Å². The molecule has 3 fully saturated rings. The van der Waals surface area contributed by atoms with Gasteiger partial charge < -0.3 is 10.6 Å². The fourth-order valence-corrected chi connectivity index (χ4v) is 6.38. The van der Waals surface area contributed by atoms with Gasteiger partial charge in [-0.3, -0.25) is 4.79 Å². The van der Waals surface area contributed by atoms with Crippen molar-refractivity contribution in [3.63, 3.8) is 0 Å². The second-order valence-corrected chi connectivity index (χ2v) is 10.0. The van der Waals surface area contributed by atoms with Gasteiger partial charge in [0.2, 0.25) is 10.0 Å². The van der Waals surface area contributed by atoms with Crippen LogP contribution in [0.1, 0.15) is 67.3 Å². The number of carbonyl (C=O) groups excluding carboxylic acids is 1. The summed E-state index contributed by atoms with van der Waals surface area (Å²) in [5.41, 5.74) is 1.08. The number of rotatable bonds is 5. The first-order chi connectivity index (χ1) is 12.9. The first kappa shape index (κ1) is 18.9. The minimum absolute atomic E-state index is 0.0112. The van der Waals surface area contributed by atoms with Crippen molar-refractivity contribution in [3.8, 4) is 0 Å². The quantitative estimate of drug-likeness (QED) is 0.718. The number of piperidine rings is 1. The molecule has 1 amide bonds. The second-order valence-electron chi connectivity index (χ2n) is 8.36. The van der Waals surface area contributed by atoms with Crippen molar-refractivity contribution in [2.45, 2.75) is 87.4 Å². The normalized spacial score (nSPS) is 28.4. The Hall–Kier alpha value is -1.44. The van der Waals surface area contributed by atoms with Crippen LogP contribution in [-0.2, 0) is 10.0 Å². The van der Waals surface area contributed by atoms with Crippen molar-refractivity contribution in [2.75, 3.05) is 0 Å².